The maximum atomic E-state index is 5.95. The van der Waals surface area contributed by atoms with Crippen molar-refractivity contribution in [3.05, 3.63) is 48.0 Å². The Morgan fingerprint density at radius 3 is 2.47 bits per heavy atom. The Labute approximate surface area is 114 Å². The van der Waals surface area contributed by atoms with Gasteiger partial charge in [0.25, 0.3) is 0 Å². The van der Waals surface area contributed by atoms with Gasteiger partial charge in [0.05, 0.1) is 18.5 Å². The first-order valence-corrected chi connectivity index (χ1v) is 6.52. The van der Waals surface area contributed by atoms with Gasteiger partial charge in [0.2, 0.25) is 0 Å². The highest BCUT2D eigenvalue weighted by molar-refractivity contribution is 5.74. The summed E-state index contributed by atoms with van der Waals surface area (Å²) in [6.07, 6.45) is 2.27. The van der Waals surface area contributed by atoms with Crippen LogP contribution in [-0.4, -0.2) is 7.11 Å². The smallest absolute Gasteiger partial charge is 0.121 e. The van der Waals surface area contributed by atoms with Crippen LogP contribution in [0.4, 0.5) is 17.1 Å². The second-order valence-corrected chi connectivity index (χ2v) is 4.53. The van der Waals surface area contributed by atoms with E-state index in [0.717, 1.165) is 30.0 Å². The van der Waals surface area contributed by atoms with Crippen LogP contribution in [0.1, 0.15) is 18.9 Å². The maximum Gasteiger partial charge on any atom is 0.121 e. The minimum atomic E-state index is 0.707. The average molecular weight is 256 g/mol. The molecule has 0 spiro atoms. The summed E-state index contributed by atoms with van der Waals surface area (Å²) in [6, 6.07) is 14.0. The highest BCUT2D eigenvalue weighted by Gasteiger charge is 2.02. The number of benzene rings is 2. The van der Waals surface area contributed by atoms with Crippen LogP contribution in [0.25, 0.3) is 0 Å². The third kappa shape index (κ3) is 3.41. The predicted octanol–water partition coefficient (Wildman–Crippen LogP) is 3.97. The molecule has 2 aromatic carbocycles. The second kappa shape index (κ2) is 6.14. The van der Waals surface area contributed by atoms with Gasteiger partial charge in [0, 0.05) is 11.8 Å². The summed E-state index contributed by atoms with van der Waals surface area (Å²) in [6.45, 7) is 2.18. The Hall–Kier alpha value is -2.16. The van der Waals surface area contributed by atoms with Crippen LogP contribution in [-0.2, 0) is 6.42 Å². The first-order chi connectivity index (χ1) is 9.22. The number of hydrogen-bond acceptors (Lipinski definition) is 3. The molecule has 100 valence electrons. The summed E-state index contributed by atoms with van der Waals surface area (Å²) in [5.74, 6) is 0.791. The van der Waals surface area contributed by atoms with E-state index in [-0.39, 0.29) is 0 Å². The van der Waals surface area contributed by atoms with Gasteiger partial charge in [-0.25, -0.2) is 0 Å². The summed E-state index contributed by atoms with van der Waals surface area (Å²) in [7, 11) is 1.65. The topological polar surface area (TPSA) is 47.3 Å². The lowest BCUT2D eigenvalue weighted by Gasteiger charge is -2.11. The molecule has 0 aliphatic heterocycles. The van der Waals surface area contributed by atoms with Crippen molar-refractivity contribution < 1.29 is 4.74 Å². The van der Waals surface area contributed by atoms with Gasteiger partial charge < -0.3 is 15.8 Å². The molecular formula is C16H20N2O. The number of nitrogen functional groups attached to an aromatic ring is 1. The number of ether oxygens (including phenoxy) is 1. The molecule has 0 aliphatic carbocycles. The Kier molecular flexibility index (Phi) is 4.29. The highest BCUT2D eigenvalue weighted by Crippen LogP contribution is 2.27. The number of nitrogens with two attached hydrogens (primary N) is 1. The molecule has 0 bridgehead atoms. The monoisotopic (exact) mass is 256 g/mol. The third-order valence-corrected chi connectivity index (χ3v) is 3.03. The molecule has 0 saturated heterocycles. The molecule has 0 aromatic heterocycles. The number of methoxy groups -OCH3 is 1. The Morgan fingerprint density at radius 1 is 1.11 bits per heavy atom. The van der Waals surface area contributed by atoms with Crippen molar-refractivity contribution in [2.75, 3.05) is 18.2 Å². The molecule has 0 aliphatic rings. The molecule has 0 atom stereocenters. The molecule has 3 N–H and O–H groups in total. The Balaban J connectivity index is 2.16. The zero-order valence-corrected chi connectivity index (χ0v) is 11.4. The first kappa shape index (κ1) is 13.3. The molecule has 0 heterocycles. The first-order valence-electron chi connectivity index (χ1n) is 6.52. The highest BCUT2D eigenvalue weighted by atomic mass is 16.5. The van der Waals surface area contributed by atoms with E-state index < -0.39 is 0 Å². The summed E-state index contributed by atoms with van der Waals surface area (Å²) in [4.78, 5) is 0. The molecule has 0 amide bonds. The summed E-state index contributed by atoms with van der Waals surface area (Å²) in [5, 5.41) is 3.31. The van der Waals surface area contributed by atoms with Crippen molar-refractivity contribution in [3.8, 4) is 5.75 Å². The quantitative estimate of drug-likeness (QED) is 0.796. The van der Waals surface area contributed by atoms with Gasteiger partial charge in [-0.1, -0.05) is 25.5 Å². The van der Waals surface area contributed by atoms with Gasteiger partial charge in [-0.15, -0.1) is 0 Å². The molecule has 3 heteroatoms. The van der Waals surface area contributed by atoms with Crippen LogP contribution in [0.15, 0.2) is 42.5 Å². The van der Waals surface area contributed by atoms with Gasteiger partial charge in [-0.2, -0.15) is 0 Å². The number of aryl methyl sites for hydroxylation is 1. The van der Waals surface area contributed by atoms with E-state index in [1.54, 1.807) is 7.11 Å². The molecule has 0 radical (unpaired) electrons. The lowest BCUT2D eigenvalue weighted by Crippen LogP contribution is -1.97. The zero-order valence-electron chi connectivity index (χ0n) is 11.4. The fourth-order valence-electron chi connectivity index (χ4n) is 1.97. The van der Waals surface area contributed by atoms with Crippen molar-refractivity contribution in [3.63, 3.8) is 0 Å². The maximum absolute atomic E-state index is 5.95. The van der Waals surface area contributed by atoms with Crippen LogP contribution >= 0.6 is 0 Å². The molecule has 19 heavy (non-hydrogen) atoms. The van der Waals surface area contributed by atoms with E-state index in [1.165, 1.54) is 5.56 Å². The van der Waals surface area contributed by atoms with Crippen molar-refractivity contribution in [1.29, 1.82) is 0 Å². The standard InChI is InChI=1S/C16H20N2O/c1-3-4-12-5-7-13(8-6-12)18-16-11-14(19-2)9-10-15(16)17/h5-11,18H,3-4,17H2,1-2H3. The van der Waals surface area contributed by atoms with Crippen LogP contribution in [0, 0.1) is 0 Å². The van der Waals surface area contributed by atoms with E-state index in [2.05, 4.69) is 36.5 Å². The summed E-state index contributed by atoms with van der Waals surface area (Å²) in [5.41, 5.74) is 9.90. The van der Waals surface area contributed by atoms with Gasteiger partial charge in [0.1, 0.15) is 5.75 Å². The van der Waals surface area contributed by atoms with Crippen LogP contribution in [0.3, 0.4) is 0 Å². The fourth-order valence-corrected chi connectivity index (χ4v) is 1.97. The molecule has 2 aromatic rings. The minimum absolute atomic E-state index is 0.707. The number of rotatable bonds is 5. The van der Waals surface area contributed by atoms with Crippen LogP contribution in [0.5, 0.6) is 5.75 Å². The number of nitrogens with one attached hydrogen (secondary N) is 1. The molecule has 0 fully saturated rings. The molecule has 3 nitrogen and oxygen atoms in total. The summed E-state index contributed by atoms with van der Waals surface area (Å²) < 4.78 is 5.20. The normalized spacial score (nSPS) is 10.2. The average Bonchev–Trinajstić information content (AvgIpc) is 2.44. The largest absolute Gasteiger partial charge is 0.497 e. The van der Waals surface area contributed by atoms with Gasteiger partial charge in [-0.05, 0) is 36.2 Å². The lowest BCUT2D eigenvalue weighted by atomic mass is 10.1. The molecule has 2 rings (SSSR count). The van der Waals surface area contributed by atoms with Gasteiger partial charge in [-0.3, -0.25) is 0 Å². The van der Waals surface area contributed by atoms with Gasteiger partial charge in [0.15, 0.2) is 0 Å². The zero-order chi connectivity index (χ0) is 13.7. The van der Waals surface area contributed by atoms with E-state index in [4.69, 9.17) is 10.5 Å². The van der Waals surface area contributed by atoms with Crippen molar-refractivity contribution in [1.82, 2.24) is 0 Å². The third-order valence-electron chi connectivity index (χ3n) is 3.03. The molecular weight excluding hydrogens is 236 g/mol. The Morgan fingerprint density at radius 2 is 1.84 bits per heavy atom. The van der Waals surface area contributed by atoms with Crippen LogP contribution < -0.4 is 15.8 Å². The lowest BCUT2D eigenvalue weighted by molar-refractivity contribution is 0.415. The van der Waals surface area contributed by atoms with Crippen molar-refractivity contribution >= 4 is 17.1 Å². The fraction of sp³-hybridized carbons (Fsp3) is 0.250. The van der Waals surface area contributed by atoms with Crippen molar-refractivity contribution in [2.24, 2.45) is 0 Å². The van der Waals surface area contributed by atoms with Gasteiger partial charge >= 0.3 is 0 Å². The van der Waals surface area contributed by atoms with E-state index in [1.807, 2.05) is 18.2 Å². The second-order valence-electron chi connectivity index (χ2n) is 4.53. The number of anilines is 3. The van der Waals surface area contributed by atoms with E-state index in [9.17, 15) is 0 Å². The van der Waals surface area contributed by atoms with E-state index >= 15 is 0 Å². The number of hydrogen-bond donors (Lipinski definition) is 2. The predicted molar refractivity (Wildman–Crippen MR) is 81.1 cm³/mol. The molecule has 0 saturated carbocycles. The van der Waals surface area contributed by atoms with E-state index in [0.29, 0.717) is 5.69 Å². The molecule has 0 unspecified atom stereocenters. The minimum Gasteiger partial charge on any atom is -0.497 e. The van der Waals surface area contributed by atoms with Crippen LogP contribution in [0.2, 0.25) is 0 Å². The SMILES string of the molecule is CCCc1ccc(Nc2cc(OC)ccc2N)cc1. The Bertz CT molecular complexity index is 535. The summed E-state index contributed by atoms with van der Waals surface area (Å²) >= 11 is 0. The van der Waals surface area contributed by atoms with Crippen molar-refractivity contribution in [2.45, 2.75) is 19.8 Å².